The third-order valence-electron chi connectivity index (χ3n) is 4.77. The molecule has 0 heterocycles. The molecule has 2 fully saturated rings. The first-order valence-corrected chi connectivity index (χ1v) is 6.36. The maximum atomic E-state index is 11.9. The van der Waals surface area contributed by atoms with Gasteiger partial charge in [-0.3, -0.25) is 4.79 Å². The highest BCUT2D eigenvalue weighted by Crippen LogP contribution is 2.55. The Labute approximate surface area is 97.2 Å². The van der Waals surface area contributed by atoms with Crippen molar-refractivity contribution >= 4 is 5.97 Å². The van der Waals surface area contributed by atoms with E-state index in [9.17, 15) is 4.79 Å². The molecule has 92 valence electrons. The lowest BCUT2D eigenvalue weighted by molar-refractivity contribution is -0.158. The molecule has 0 radical (unpaired) electrons. The summed E-state index contributed by atoms with van der Waals surface area (Å²) in [5, 5.41) is 8.88. The minimum atomic E-state index is -0.362. The van der Waals surface area contributed by atoms with Crippen LogP contribution in [-0.4, -0.2) is 23.8 Å². The fourth-order valence-corrected chi connectivity index (χ4v) is 3.53. The second-order valence-corrected chi connectivity index (χ2v) is 5.65. The summed E-state index contributed by atoms with van der Waals surface area (Å²) in [6, 6.07) is 0. The van der Waals surface area contributed by atoms with E-state index in [4.69, 9.17) is 9.84 Å². The average molecular weight is 226 g/mol. The number of carbonyl (C=O) groups excluding carboxylic acids is 1. The van der Waals surface area contributed by atoms with Crippen LogP contribution in [0.5, 0.6) is 0 Å². The van der Waals surface area contributed by atoms with Crippen molar-refractivity contribution < 1.29 is 14.6 Å². The molecule has 0 aliphatic heterocycles. The zero-order valence-corrected chi connectivity index (χ0v) is 10.3. The molecule has 2 bridgehead atoms. The number of aliphatic hydroxyl groups is 1. The smallest absolute Gasteiger partial charge is 0.309 e. The quantitative estimate of drug-likeness (QED) is 0.747. The Morgan fingerprint density at radius 3 is 2.56 bits per heavy atom. The van der Waals surface area contributed by atoms with Crippen LogP contribution in [0, 0.1) is 29.6 Å². The molecular formula is C13H22O3. The summed E-state index contributed by atoms with van der Waals surface area (Å²) < 4.78 is 5.23. The second kappa shape index (κ2) is 4.36. The van der Waals surface area contributed by atoms with Crippen molar-refractivity contribution in [3.63, 3.8) is 0 Å². The summed E-state index contributed by atoms with van der Waals surface area (Å²) in [5.41, 5.74) is 0. The lowest BCUT2D eigenvalue weighted by Crippen LogP contribution is -2.33. The number of ether oxygens (including phenoxy) is 1. The van der Waals surface area contributed by atoms with Gasteiger partial charge in [0.05, 0.1) is 12.5 Å². The van der Waals surface area contributed by atoms with Crippen LogP contribution >= 0.6 is 0 Å². The first kappa shape index (κ1) is 11.9. The second-order valence-electron chi connectivity index (χ2n) is 5.65. The van der Waals surface area contributed by atoms with Crippen LogP contribution < -0.4 is 0 Å². The number of esters is 1. The van der Waals surface area contributed by atoms with E-state index in [-0.39, 0.29) is 24.6 Å². The third-order valence-corrected chi connectivity index (χ3v) is 4.77. The summed E-state index contributed by atoms with van der Waals surface area (Å²) in [7, 11) is 0. The van der Waals surface area contributed by atoms with Gasteiger partial charge in [0.2, 0.25) is 0 Å². The normalized spacial score (nSPS) is 43.4. The van der Waals surface area contributed by atoms with Crippen LogP contribution in [0.2, 0.25) is 0 Å². The van der Waals surface area contributed by atoms with Crippen LogP contribution in [-0.2, 0) is 9.53 Å². The monoisotopic (exact) mass is 226 g/mol. The van der Waals surface area contributed by atoms with Gasteiger partial charge in [-0.15, -0.1) is 0 Å². The molecule has 2 aliphatic rings. The van der Waals surface area contributed by atoms with Gasteiger partial charge in [-0.25, -0.2) is 0 Å². The van der Waals surface area contributed by atoms with Gasteiger partial charge in [0.1, 0.15) is 6.10 Å². The van der Waals surface area contributed by atoms with E-state index in [1.807, 2.05) is 0 Å². The van der Waals surface area contributed by atoms with Crippen molar-refractivity contribution in [2.24, 2.45) is 29.6 Å². The first-order chi connectivity index (χ1) is 7.54. The average Bonchev–Trinajstić information content (AvgIpc) is 2.80. The van der Waals surface area contributed by atoms with Crippen LogP contribution in [0.4, 0.5) is 0 Å². The van der Waals surface area contributed by atoms with Gasteiger partial charge in [-0.2, -0.15) is 0 Å². The highest BCUT2D eigenvalue weighted by molar-refractivity contribution is 5.73. The standard InChI is InChI=1S/C13H22O3/c1-7(6-14)16-13(15)12-5-10-4-11(12)9(3)8(10)2/h7-12,14H,4-6H2,1-3H3. The fourth-order valence-electron chi connectivity index (χ4n) is 3.53. The predicted octanol–water partition coefficient (Wildman–Crippen LogP) is 1.84. The van der Waals surface area contributed by atoms with E-state index < -0.39 is 0 Å². The van der Waals surface area contributed by atoms with Gasteiger partial charge >= 0.3 is 5.97 Å². The molecule has 3 nitrogen and oxygen atoms in total. The number of aliphatic hydroxyl groups excluding tert-OH is 1. The molecule has 0 amide bonds. The number of carbonyl (C=O) groups is 1. The van der Waals surface area contributed by atoms with Gasteiger partial charge in [0.15, 0.2) is 0 Å². The molecule has 2 saturated carbocycles. The SMILES string of the molecule is CC(CO)OC(=O)C1CC2CC1C(C)C2C. The van der Waals surface area contributed by atoms with Crippen molar-refractivity contribution in [2.45, 2.75) is 39.7 Å². The highest BCUT2D eigenvalue weighted by Gasteiger charge is 2.51. The van der Waals surface area contributed by atoms with Crippen LogP contribution in [0.3, 0.4) is 0 Å². The summed E-state index contributed by atoms with van der Waals surface area (Å²) in [6.45, 7) is 6.20. The molecule has 6 unspecified atom stereocenters. The van der Waals surface area contributed by atoms with Crippen molar-refractivity contribution in [3.05, 3.63) is 0 Å². The molecule has 3 heteroatoms. The molecule has 0 spiro atoms. The van der Waals surface area contributed by atoms with E-state index in [0.29, 0.717) is 17.8 Å². The van der Waals surface area contributed by atoms with Crippen molar-refractivity contribution in [2.75, 3.05) is 6.61 Å². The zero-order chi connectivity index (χ0) is 11.9. The minimum absolute atomic E-state index is 0.0848. The van der Waals surface area contributed by atoms with Crippen molar-refractivity contribution in [1.82, 2.24) is 0 Å². The Kier molecular flexibility index (Phi) is 3.24. The van der Waals surface area contributed by atoms with Gasteiger partial charge in [0.25, 0.3) is 0 Å². The molecule has 6 atom stereocenters. The summed E-state index contributed by atoms with van der Waals surface area (Å²) in [4.78, 5) is 11.9. The highest BCUT2D eigenvalue weighted by atomic mass is 16.6. The molecule has 0 aromatic carbocycles. The molecule has 0 aromatic rings. The Bertz CT molecular complexity index is 274. The lowest BCUT2D eigenvalue weighted by Gasteiger charge is -2.30. The minimum Gasteiger partial charge on any atom is -0.460 e. The van der Waals surface area contributed by atoms with Crippen molar-refractivity contribution in [1.29, 1.82) is 0 Å². The van der Waals surface area contributed by atoms with Crippen molar-refractivity contribution in [3.8, 4) is 0 Å². The van der Waals surface area contributed by atoms with E-state index in [1.165, 1.54) is 6.42 Å². The Morgan fingerprint density at radius 1 is 1.38 bits per heavy atom. The van der Waals surface area contributed by atoms with E-state index in [1.54, 1.807) is 6.92 Å². The van der Waals surface area contributed by atoms with Gasteiger partial charge < -0.3 is 9.84 Å². The topological polar surface area (TPSA) is 46.5 Å². The predicted molar refractivity (Wildman–Crippen MR) is 60.7 cm³/mol. The van der Waals surface area contributed by atoms with E-state index >= 15 is 0 Å². The largest absolute Gasteiger partial charge is 0.460 e. The third kappa shape index (κ3) is 1.86. The van der Waals surface area contributed by atoms with E-state index in [2.05, 4.69) is 13.8 Å². The molecule has 1 N–H and O–H groups in total. The maximum absolute atomic E-state index is 11.9. The first-order valence-electron chi connectivity index (χ1n) is 6.36. The molecule has 2 rings (SSSR count). The molecule has 16 heavy (non-hydrogen) atoms. The fraction of sp³-hybridized carbons (Fsp3) is 0.923. The maximum Gasteiger partial charge on any atom is 0.309 e. The van der Waals surface area contributed by atoms with Gasteiger partial charge in [-0.1, -0.05) is 13.8 Å². The number of hydrogen-bond acceptors (Lipinski definition) is 3. The summed E-state index contributed by atoms with van der Waals surface area (Å²) in [5.74, 6) is 2.61. The molecule has 2 aliphatic carbocycles. The number of fused-ring (bicyclic) bond motifs is 2. The summed E-state index contributed by atoms with van der Waals surface area (Å²) in [6.07, 6.45) is 1.82. The summed E-state index contributed by atoms with van der Waals surface area (Å²) >= 11 is 0. The Balaban J connectivity index is 1.96. The van der Waals surface area contributed by atoms with Gasteiger partial charge in [-0.05, 0) is 43.4 Å². The number of rotatable bonds is 3. The van der Waals surface area contributed by atoms with Gasteiger partial charge in [0, 0.05) is 0 Å². The van der Waals surface area contributed by atoms with Crippen LogP contribution in [0.25, 0.3) is 0 Å². The lowest BCUT2D eigenvalue weighted by atomic mass is 9.76. The van der Waals surface area contributed by atoms with Crippen LogP contribution in [0.1, 0.15) is 33.6 Å². The Morgan fingerprint density at radius 2 is 2.06 bits per heavy atom. The van der Waals surface area contributed by atoms with E-state index in [0.717, 1.165) is 12.3 Å². The molecular weight excluding hydrogens is 204 g/mol. The molecule has 0 saturated heterocycles. The Hall–Kier alpha value is -0.570. The van der Waals surface area contributed by atoms with Crippen LogP contribution in [0.15, 0.2) is 0 Å². The zero-order valence-electron chi connectivity index (χ0n) is 10.3. The molecule has 0 aromatic heterocycles. The number of hydrogen-bond donors (Lipinski definition) is 1.